The lowest BCUT2D eigenvalue weighted by Crippen LogP contribution is -2.47. The van der Waals surface area contributed by atoms with Gasteiger partial charge in [-0.25, -0.2) is 0 Å². The third-order valence-corrected chi connectivity index (χ3v) is 2.96. The van der Waals surface area contributed by atoms with Crippen molar-refractivity contribution < 1.29 is 4.79 Å². The quantitative estimate of drug-likeness (QED) is 0.791. The van der Waals surface area contributed by atoms with Gasteiger partial charge in [0.05, 0.1) is 0 Å². The lowest BCUT2D eigenvalue weighted by molar-refractivity contribution is -0.124. The van der Waals surface area contributed by atoms with Crippen LogP contribution in [0.15, 0.2) is 24.3 Å². The monoisotopic (exact) mass is 218 g/mol. The number of rotatable bonds is 2. The maximum Gasteiger partial charge on any atom is 0.241 e. The van der Waals surface area contributed by atoms with E-state index in [0.29, 0.717) is 5.92 Å². The topological polar surface area (TPSA) is 41.1 Å². The molecule has 1 aromatic carbocycles. The first-order valence-corrected chi connectivity index (χ1v) is 5.80. The molecule has 16 heavy (non-hydrogen) atoms. The Hall–Kier alpha value is -1.35. The van der Waals surface area contributed by atoms with E-state index in [1.165, 1.54) is 5.56 Å². The van der Waals surface area contributed by atoms with E-state index in [9.17, 15) is 4.79 Å². The molecular formula is C13H18N2O. The van der Waals surface area contributed by atoms with Crippen molar-refractivity contribution in [2.45, 2.75) is 25.8 Å². The summed E-state index contributed by atoms with van der Waals surface area (Å²) >= 11 is 0. The highest BCUT2D eigenvalue weighted by Gasteiger charge is 2.25. The van der Waals surface area contributed by atoms with Crippen molar-refractivity contribution in [1.82, 2.24) is 10.6 Å². The molecule has 1 heterocycles. The van der Waals surface area contributed by atoms with E-state index >= 15 is 0 Å². The van der Waals surface area contributed by atoms with Gasteiger partial charge in [0.1, 0.15) is 6.04 Å². The number of benzene rings is 1. The van der Waals surface area contributed by atoms with Crippen LogP contribution in [0.25, 0.3) is 0 Å². The molecule has 1 fully saturated rings. The molecule has 3 nitrogen and oxygen atoms in total. The molecule has 0 radical (unpaired) electrons. The fraction of sp³-hybridized carbons (Fsp3) is 0.462. The number of piperazine rings is 1. The second kappa shape index (κ2) is 4.66. The number of hydrogen-bond donors (Lipinski definition) is 2. The summed E-state index contributed by atoms with van der Waals surface area (Å²) < 4.78 is 0. The molecule has 1 atom stereocenters. The molecule has 0 bridgehead atoms. The number of carbonyl (C=O) groups excluding carboxylic acids is 1. The molecule has 86 valence electrons. The first kappa shape index (κ1) is 11.1. The zero-order valence-electron chi connectivity index (χ0n) is 9.79. The van der Waals surface area contributed by atoms with Crippen LogP contribution in [0.2, 0.25) is 0 Å². The molecule has 0 aliphatic carbocycles. The van der Waals surface area contributed by atoms with E-state index in [0.717, 1.165) is 18.7 Å². The summed E-state index contributed by atoms with van der Waals surface area (Å²) in [6.07, 6.45) is 0. The van der Waals surface area contributed by atoms with Crippen molar-refractivity contribution in [2.24, 2.45) is 0 Å². The predicted molar refractivity (Wildman–Crippen MR) is 64.3 cm³/mol. The van der Waals surface area contributed by atoms with E-state index in [1.54, 1.807) is 0 Å². The SMILES string of the molecule is CC(C)c1ccccc1C1NCCNC1=O. The third kappa shape index (κ3) is 2.09. The first-order valence-electron chi connectivity index (χ1n) is 5.80. The zero-order valence-corrected chi connectivity index (χ0v) is 9.79. The van der Waals surface area contributed by atoms with Crippen LogP contribution in [0.3, 0.4) is 0 Å². The molecule has 2 N–H and O–H groups in total. The Kier molecular flexibility index (Phi) is 3.25. The van der Waals surface area contributed by atoms with Crippen molar-refractivity contribution >= 4 is 5.91 Å². The Labute approximate surface area is 96.2 Å². The number of carbonyl (C=O) groups is 1. The molecule has 1 saturated heterocycles. The fourth-order valence-corrected chi connectivity index (χ4v) is 2.15. The van der Waals surface area contributed by atoms with E-state index in [-0.39, 0.29) is 11.9 Å². The highest BCUT2D eigenvalue weighted by atomic mass is 16.2. The van der Waals surface area contributed by atoms with Gasteiger partial charge in [-0.1, -0.05) is 38.1 Å². The Bertz CT molecular complexity index is 387. The maximum absolute atomic E-state index is 11.8. The van der Waals surface area contributed by atoms with Gasteiger partial charge >= 0.3 is 0 Å². The Morgan fingerprint density at radius 1 is 1.25 bits per heavy atom. The number of amides is 1. The van der Waals surface area contributed by atoms with Gasteiger partial charge in [0, 0.05) is 13.1 Å². The molecule has 1 unspecified atom stereocenters. The van der Waals surface area contributed by atoms with Crippen LogP contribution in [0.5, 0.6) is 0 Å². The Morgan fingerprint density at radius 3 is 2.69 bits per heavy atom. The first-order chi connectivity index (χ1) is 7.70. The molecule has 1 aromatic rings. The zero-order chi connectivity index (χ0) is 11.5. The van der Waals surface area contributed by atoms with Crippen molar-refractivity contribution in [2.75, 3.05) is 13.1 Å². The molecule has 1 aliphatic rings. The van der Waals surface area contributed by atoms with Gasteiger partial charge in [-0.15, -0.1) is 0 Å². The third-order valence-electron chi connectivity index (χ3n) is 2.96. The predicted octanol–water partition coefficient (Wildman–Crippen LogP) is 1.57. The summed E-state index contributed by atoms with van der Waals surface area (Å²) in [5.74, 6) is 0.520. The van der Waals surface area contributed by atoms with Crippen LogP contribution >= 0.6 is 0 Å². The minimum atomic E-state index is -0.188. The van der Waals surface area contributed by atoms with Crippen molar-refractivity contribution in [3.8, 4) is 0 Å². The second-order valence-electron chi connectivity index (χ2n) is 4.46. The summed E-state index contributed by atoms with van der Waals surface area (Å²) in [4.78, 5) is 11.8. The van der Waals surface area contributed by atoms with Gasteiger partial charge in [-0.05, 0) is 17.0 Å². The van der Waals surface area contributed by atoms with Gasteiger partial charge in [-0.3, -0.25) is 4.79 Å². The molecule has 0 aromatic heterocycles. The number of nitrogens with one attached hydrogen (secondary N) is 2. The molecule has 3 heteroatoms. The Balaban J connectivity index is 2.34. The summed E-state index contributed by atoms with van der Waals surface area (Å²) in [6, 6.07) is 7.97. The van der Waals surface area contributed by atoms with Gasteiger partial charge in [0.15, 0.2) is 0 Å². The van der Waals surface area contributed by atoms with E-state index in [1.807, 2.05) is 18.2 Å². The maximum atomic E-state index is 11.8. The van der Waals surface area contributed by atoms with Crippen LogP contribution in [-0.2, 0) is 4.79 Å². The van der Waals surface area contributed by atoms with Crippen LogP contribution in [0, 0.1) is 0 Å². The molecular weight excluding hydrogens is 200 g/mol. The summed E-state index contributed by atoms with van der Waals surface area (Å²) in [6.45, 7) is 5.86. The van der Waals surface area contributed by atoms with Gasteiger partial charge in [0.25, 0.3) is 0 Å². The highest BCUT2D eigenvalue weighted by molar-refractivity contribution is 5.84. The molecule has 0 spiro atoms. The van der Waals surface area contributed by atoms with Gasteiger partial charge < -0.3 is 10.6 Å². The average Bonchev–Trinajstić information content (AvgIpc) is 2.29. The van der Waals surface area contributed by atoms with Crippen LogP contribution in [0.1, 0.15) is 36.9 Å². The molecule has 1 aliphatic heterocycles. The highest BCUT2D eigenvalue weighted by Crippen LogP contribution is 2.25. The molecule has 0 saturated carbocycles. The van der Waals surface area contributed by atoms with Crippen molar-refractivity contribution in [3.63, 3.8) is 0 Å². The average molecular weight is 218 g/mol. The van der Waals surface area contributed by atoms with Crippen molar-refractivity contribution in [3.05, 3.63) is 35.4 Å². The smallest absolute Gasteiger partial charge is 0.241 e. The summed E-state index contributed by atoms with van der Waals surface area (Å²) in [5.41, 5.74) is 2.35. The molecule has 2 rings (SSSR count). The normalized spacial score (nSPS) is 20.9. The van der Waals surface area contributed by atoms with E-state index in [2.05, 4.69) is 30.5 Å². The lowest BCUT2D eigenvalue weighted by atomic mass is 9.92. The lowest BCUT2D eigenvalue weighted by Gasteiger charge is -2.26. The van der Waals surface area contributed by atoms with Gasteiger partial charge in [-0.2, -0.15) is 0 Å². The van der Waals surface area contributed by atoms with Crippen molar-refractivity contribution in [1.29, 1.82) is 0 Å². The van der Waals surface area contributed by atoms with Gasteiger partial charge in [0.2, 0.25) is 5.91 Å². The standard InChI is InChI=1S/C13H18N2O/c1-9(2)10-5-3-4-6-11(10)12-13(16)15-8-7-14-12/h3-6,9,12,14H,7-8H2,1-2H3,(H,15,16). The molecule has 1 amide bonds. The summed E-state index contributed by atoms with van der Waals surface area (Å²) in [7, 11) is 0. The Morgan fingerprint density at radius 2 is 2.00 bits per heavy atom. The summed E-state index contributed by atoms with van der Waals surface area (Å²) in [5, 5.41) is 6.16. The van der Waals surface area contributed by atoms with Crippen LogP contribution in [0.4, 0.5) is 0 Å². The van der Waals surface area contributed by atoms with Crippen LogP contribution in [-0.4, -0.2) is 19.0 Å². The fourth-order valence-electron chi connectivity index (χ4n) is 2.15. The van der Waals surface area contributed by atoms with E-state index in [4.69, 9.17) is 0 Å². The van der Waals surface area contributed by atoms with Crippen LogP contribution < -0.4 is 10.6 Å². The largest absolute Gasteiger partial charge is 0.353 e. The van der Waals surface area contributed by atoms with E-state index < -0.39 is 0 Å². The minimum Gasteiger partial charge on any atom is -0.353 e. The number of hydrogen-bond acceptors (Lipinski definition) is 2. The minimum absolute atomic E-state index is 0.0827. The second-order valence-corrected chi connectivity index (χ2v) is 4.46.